The molecule has 0 saturated carbocycles. The summed E-state index contributed by atoms with van der Waals surface area (Å²) in [5, 5.41) is 4.00. The number of rotatable bonds is 6. The highest BCUT2D eigenvalue weighted by molar-refractivity contribution is 9.10. The maximum Gasteiger partial charge on any atom is 0.525 e. The zero-order valence-electron chi connectivity index (χ0n) is 13.3. The van der Waals surface area contributed by atoms with Gasteiger partial charge in [-0.05, 0) is 46.6 Å². The molecule has 2 rings (SSSR count). The summed E-state index contributed by atoms with van der Waals surface area (Å²) in [6, 6.07) is 3.52. The van der Waals surface area contributed by atoms with Crippen LogP contribution in [0, 0.1) is 6.92 Å². The molecule has 0 aliphatic rings. The molecule has 0 bridgehead atoms. The van der Waals surface area contributed by atoms with Crippen LogP contribution in [-0.4, -0.2) is 34.7 Å². The second-order valence-corrected chi connectivity index (χ2v) is 5.92. The van der Waals surface area contributed by atoms with Gasteiger partial charge in [-0.15, -0.1) is 13.2 Å². The summed E-state index contributed by atoms with van der Waals surface area (Å²) in [7, 11) is 0. The highest BCUT2D eigenvalue weighted by atomic mass is 79.9. The Morgan fingerprint density at radius 2 is 1.96 bits per heavy atom. The van der Waals surface area contributed by atoms with E-state index in [0.717, 1.165) is 6.07 Å². The van der Waals surface area contributed by atoms with E-state index in [1.54, 1.807) is 13.1 Å². The van der Waals surface area contributed by atoms with Crippen molar-refractivity contribution in [3.63, 3.8) is 0 Å². The van der Waals surface area contributed by atoms with E-state index >= 15 is 0 Å². The molecule has 0 aliphatic heterocycles. The Bertz CT molecular complexity index is 840. The van der Waals surface area contributed by atoms with Crippen LogP contribution in [-0.2, 0) is 4.74 Å². The maximum absolute atomic E-state index is 13.4. The molecule has 0 saturated heterocycles. The number of nitrogens with two attached hydrogens (primary N) is 1. The van der Waals surface area contributed by atoms with Crippen molar-refractivity contribution in [1.29, 1.82) is 0 Å². The molecule has 0 fully saturated rings. The average molecular weight is 461 g/mol. The van der Waals surface area contributed by atoms with Crippen molar-refractivity contribution in [2.75, 3.05) is 5.73 Å². The van der Waals surface area contributed by atoms with Gasteiger partial charge in [-0.25, -0.2) is 18.8 Å². The summed E-state index contributed by atoms with van der Waals surface area (Å²) in [6.45, 7) is 1.70. The third-order valence-corrected chi connectivity index (χ3v) is 3.49. The maximum atomic E-state index is 13.4. The minimum absolute atomic E-state index is 0.0832. The van der Waals surface area contributed by atoms with Gasteiger partial charge in [0.25, 0.3) is 0 Å². The molecule has 2 N–H and O–H groups in total. The van der Waals surface area contributed by atoms with E-state index in [1.807, 2.05) is 0 Å². The van der Waals surface area contributed by atoms with Gasteiger partial charge in [-0.2, -0.15) is 13.9 Å². The molecular weight excluding hydrogens is 450 g/mol. The van der Waals surface area contributed by atoms with Crippen molar-refractivity contribution in [1.82, 2.24) is 9.66 Å². The molecule has 0 aliphatic carbocycles. The Morgan fingerprint density at radius 3 is 2.48 bits per heavy atom. The smallest absolute Gasteiger partial charge is 0.427 e. The van der Waals surface area contributed by atoms with Gasteiger partial charge in [0.1, 0.15) is 5.75 Å². The topological polar surface area (TPSA) is 74.7 Å². The molecule has 1 atom stereocenters. The van der Waals surface area contributed by atoms with E-state index in [-0.39, 0.29) is 10.4 Å². The van der Waals surface area contributed by atoms with E-state index in [9.17, 15) is 26.3 Å². The van der Waals surface area contributed by atoms with Crippen LogP contribution in [0.2, 0.25) is 0 Å². The summed E-state index contributed by atoms with van der Waals surface area (Å²) >= 11 is 2.91. The van der Waals surface area contributed by atoms with E-state index in [0.29, 0.717) is 11.3 Å². The van der Waals surface area contributed by atoms with Crippen LogP contribution in [0.5, 0.6) is 5.75 Å². The van der Waals surface area contributed by atoms with Gasteiger partial charge in [0, 0.05) is 0 Å². The first-order chi connectivity index (χ1) is 12.4. The number of halogens is 7. The monoisotopic (exact) mass is 460 g/mol. The molecule has 2 aromatic rings. The number of aromatic nitrogens is 2. The molecule has 27 heavy (non-hydrogen) atoms. The van der Waals surface area contributed by atoms with Crippen molar-refractivity contribution in [3.8, 4) is 5.75 Å². The summed E-state index contributed by atoms with van der Waals surface area (Å²) in [4.78, 5) is 3.92. The molecule has 0 spiro atoms. The van der Waals surface area contributed by atoms with Crippen LogP contribution in [0.15, 0.2) is 34.0 Å². The third-order valence-electron chi connectivity index (χ3n) is 2.87. The van der Waals surface area contributed by atoms with Gasteiger partial charge in [0.2, 0.25) is 5.95 Å². The van der Waals surface area contributed by atoms with Gasteiger partial charge in [0.15, 0.2) is 0 Å². The fraction of sp³-hybridized carbons (Fsp3) is 0.286. The van der Waals surface area contributed by atoms with E-state index in [2.05, 4.69) is 35.5 Å². The molecule has 0 radical (unpaired) electrons. The molecule has 148 valence electrons. The zero-order valence-corrected chi connectivity index (χ0v) is 14.9. The summed E-state index contributed by atoms with van der Waals surface area (Å²) in [5.74, 6) is -0.482. The number of hydrogen-bond acceptors (Lipinski definition) is 5. The van der Waals surface area contributed by atoms with E-state index < -0.39 is 24.6 Å². The Labute approximate surface area is 156 Å². The first-order valence-corrected chi connectivity index (χ1v) is 7.77. The molecule has 1 aromatic carbocycles. The van der Waals surface area contributed by atoms with Crippen LogP contribution in [0.25, 0.3) is 0 Å². The second-order valence-electron chi connectivity index (χ2n) is 5.06. The number of nitrogen functional groups attached to an aromatic ring is 1. The number of ether oxygens (including phenoxy) is 2. The molecule has 1 unspecified atom stereocenters. The van der Waals surface area contributed by atoms with E-state index in [1.165, 1.54) is 23.0 Å². The first-order valence-electron chi connectivity index (χ1n) is 6.98. The van der Waals surface area contributed by atoms with Gasteiger partial charge in [0.05, 0.1) is 22.6 Å². The molecule has 0 amide bonds. The highest BCUT2D eigenvalue weighted by Crippen LogP contribution is 2.35. The van der Waals surface area contributed by atoms with Crippen LogP contribution >= 0.6 is 15.9 Å². The Hall–Kier alpha value is -2.28. The number of anilines is 1. The summed E-state index contributed by atoms with van der Waals surface area (Å²) in [5.41, 5.74) is 6.62. The quantitative estimate of drug-likeness (QED) is 0.517. The van der Waals surface area contributed by atoms with Crippen molar-refractivity contribution < 1.29 is 35.8 Å². The van der Waals surface area contributed by atoms with Gasteiger partial charge in [-0.1, -0.05) is 0 Å². The van der Waals surface area contributed by atoms with Crippen molar-refractivity contribution in [2.24, 2.45) is 5.10 Å². The largest absolute Gasteiger partial charge is 0.525 e. The predicted molar refractivity (Wildman–Crippen MR) is 86.1 cm³/mol. The summed E-state index contributed by atoms with van der Waals surface area (Å²) in [6.07, 6.45) is -11.7. The molecule has 6 nitrogen and oxygen atoms in total. The SMILES string of the molecule is Cc1cn(N=Cc2ccc(OC(F)(F)C(F)OC(F)(F)F)c(Br)c2)c(N)n1. The van der Waals surface area contributed by atoms with Gasteiger partial charge in [-0.3, -0.25) is 0 Å². The van der Waals surface area contributed by atoms with Crippen LogP contribution < -0.4 is 10.5 Å². The third kappa shape index (κ3) is 5.85. The highest BCUT2D eigenvalue weighted by Gasteiger charge is 2.50. The molecule has 1 aromatic heterocycles. The lowest BCUT2D eigenvalue weighted by Gasteiger charge is -2.22. The van der Waals surface area contributed by atoms with Crippen LogP contribution in [0.4, 0.5) is 32.3 Å². The minimum atomic E-state index is -5.59. The fourth-order valence-corrected chi connectivity index (χ4v) is 2.26. The lowest BCUT2D eigenvalue weighted by molar-refractivity contribution is -0.411. The Kier molecular flexibility index (Phi) is 6.04. The number of benzene rings is 1. The number of nitrogens with zero attached hydrogens (tertiary/aromatic N) is 3. The van der Waals surface area contributed by atoms with Crippen LogP contribution in [0.3, 0.4) is 0 Å². The van der Waals surface area contributed by atoms with Crippen molar-refractivity contribution in [3.05, 3.63) is 40.1 Å². The number of alkyl halides is 6. The molecule has 13 heteroatoms. The normalized spacial score (nSPS) is 13.9. The minimum Gasteiger partial charge on any atom is -0.427 e. The lowest BCUT2D eigenvalue weighted by Crippen LogP contribution is -2.41. The average Bonchev–Trinajstić information content (AvgIpc) is 2.83. The van der Waals surface area contributed by atoms with E-state index in [4.69, 9.17) is 5.73 Å². The zero-order chi connectivity index (χ0) is 20.4. The Morgan fingerprint density at radius 1 is 1.30 bits per heavy atom. The fourth-order valence-electron chi connectivity index (χ4n) is 1.78. The number of aryl methyl sites for hydroxylation is 1. The Balaban J connectivity index is 2.13. The van der Waals surface area contributed by atoms with Gasteiger partial charge >= 0.3 is 18.8 Å². The van der Waals surface area contributed by atoms with Crippen LogP contribution in [0.1, 0.15) is 11.3 Å². The second kappa shape index (κ2) is 7.76. The first kappa shape index (κ1) is 21.0. The number of hydrogen-bond donors (Lipinski definition) is 1. The van der Waals surface area contributed by atoms with Crippen molar-refractivity contribution >= 4 is 28.1 Å². The molecular formula is C14H11BrF6N4O2. The lowest BCUT2D eigenvalue weighted by atomic mass is 10.2. The molecule has 1 heterocycles. The predicted octanol–water partition coefficient (Wildman–Crippen LogP) is 4.22. The standard InChI is InChI=1S/C14H11BrF6N4O2/c1-7-6-25(12(22)24-7)23-5-8-2-3-10(9(15)4-8)26-13(17,18)11(16)27-14(19,20)21/h2-6,11H,1H3,(H2,22,24). The number of imidazole rings is 1. The van der Waals surface area contributed by atoms with Gasteiger partial charge < -0.3 is 10.5 Å². The summed E-state index contributed by atoms with van der Waals surface area (Å²) < 4.78 is 83.4. The van der Waals surface area contributed by atoms with Crippen molar-refractivity contribution in [2.45, 2.75) is 25.8 Å².